The van der Waals surface area contributed by atoms with Gasteiger partial charge >= 0.3 is 0 Å². The molecule has 1 fully saturated rings. The van der Waals surface area contributed by atoms with Crippen LogP contribution in [0.1, 0.15) is 55.8 Å². The first kappa shape index (κ1) is 28.2. The summed E-state index contributed by atoms with van der Waals surface area (Å²) in [6.07, 6.45) is 6.66. The van der Waals surface area contributed by atoms with Crippen LogP contribution in [-0.4, -0.2) is 60.0 Å². The number of phenols is 1. The summed E-state index contributed by atoms with van der Waals surface area (Å²) in [5, 5.41) is 25.2. The molecule has 0 bridgehead atoms. The summed E-state index contributed by atoms with van der Waals surface area (Å²) in [4.78, 5) is 16.7. The zero-order valence-electron chi connectivity index (χ0n) is 22.1. The lowest BCUT2D eigenvalue weighted by Crippen LogP contribution is -2.34. The van der Waals surface area contributed by atoms with Gasteiger partial charge in [0.05, 0.1) is 30.4 Å². The second-order valence-corrected chi connectivity index (χ2v) is 10.4. The zero-order chi connectivity index (χ0) is 27.1. The first-order valence-electron chi connectivity index (χ1n) is 13.3. The van der Waals surface area contributed by atoms with Crippen molar-refractivity contribution in [3.8, 4) is 17.2 Å². The topological polar surface area (TPSA) is 107 Å². The average Bonchev–Trinajstić information content (AvgIpc) is 2.92. The number of nitrogens with zero attached hydrogens (tertiary/aromatic N) is 1. The maximum Gasteiger partial charge on any atom is 0.248 e. The van der Waals surface area contributed by atoms with Crippen LogP contribution in [0.15, 0.2) is 41.2 Å². The van der Waals surface area contributed by atoms with Crippen LogP contribution in [0.3, 0.4) is 0 Å². The van der Waals surface area contributed by atoms with Crippen LogP contribution >= 0.6 is 11.6 Å². The van der Waals surface area contributed by atoms with Crippen LogP contribution in [0.25, 0.3) is 10.9 Å². The molecule has 0 aliphatic heterocycles. The molecule has 9 heteroatoms. The van der Waals surface area contributed by atoms with Crippen molar-refractivity contribution in [2.75, 3.05) is 33.9 Å². The normalized spacial score (nSPS) is 15.2. The number of aromatic hydroxyl groups is 1. The Bertz CT molecular complexity index is 1280. The molecule has 3 aromatic rings. The lowest BCUT2D eigenvalue weighted by molar-refractivity contribution is 0.175. The molecular formula is C29H38ClN3O5. The number of phenolic OH excluding ortho intramolecular Hbond substituents is 1. The third-order valence-electron chi connectivity index (χ3n) is 7.36. The highest BCUT2D eigenvalue weighted by Gasteiger charge is 2.18. The molecule has 0 saturated heterocycles. The molecule has 0 spiro atoms. The highest BCUT2D eigenvalue weighted by Crippen LogP contribution is 2.33. The number of benzene rings is 2. The summed E-state index contributed by atoms with van der Waals surface area (Å²) in [6, 6.07) is 10.4. The lowest BCUT2D eigenvalue weighted by Gasteiger charge is -2.31. The van der Waals surface area contributed by atoms with Gasteiger partial charge in [-0.25, -0.2) is 0 Å². The molecule has 8 nitrogen and oxygen atoms in total. The Morgan fingerprint density at radius 2 is 1.95 bits per heavy atom. The quantitative estimate of drug-likeness (QED) is 0.244. The number of aromatic amines is 1. The van der Waals surface area contributed by atoms with Crippen molar-refractivity contribution in [1.29, 1.82) is 0 Å². The second kappa shape index (κ2) is 13.3. The van der Waals surface area contributed by atoms with Gasteiger partial charge < -0.3 is 34.9 Å². The predicted octanol–water partition coefficient (Wildman–Crippen LogP) is 4.75. The number of pyridine rings is 1. The van der Waals surface area contributed by atoms with E-state index in [1.807, 2.05) is 12.1 Å². The number of hydrogen-bond donors (Lipinski definition) is 4. The van der Waals surface area contributed by atoms with Crippen molar-refractivity contribution in [2.24, 2.45) is 0 Å². The highest BCUT2D eigenvalue weighted by atomic mass is 35.5. The minimum atomic E-state index is -0.861. The highest BCUT2D eigenvalue weighted by molar-refractivity contribution is 6.32. The standard InChI is InChI=1S/C29H38ClN3O5/c1-33(20-7-4-3-5-8-20)13-6-14-38-27-16-26(37-2)19(15-23(27)30)17-31-18-25(35)21-9-11-24(34)29-22(21)10-12-28(36)32-29/h9-12,15-16,20,25,31,34-35H,3-8,13-14,17-18H2,1-2H3,(H,32,36)/t25-/m0/s1. The molecule has 1 aromatic heterocycles. The van der Waals surface area contributed by atoms with Crippen molar-refractivity contribution < 1.29 is 19.7 Å². The van der Waals surface area contributed by atoms with Crippen LogP contribution in [0.2, 0.25) is 5.02 Å². The fraction of sp³-hybridized carbons (Fsp3) is 0.483. The molecule has 1 heterocycles. The summed E-state index contributed by atoms with van der Waals surface area (Å²) < 4.78 is 11.6. The molecule has 1 atom stereocenters. The molecule has 1 aliphatic rings. The minimum absolute atomic E-state index is 0.0421. The van der Waals surface area contributed by atoms with Crippen molar-refractivity contribution >= 4 is 22.5 Å². The van der Waals surface area contributed by atoms with E-state index in [9.17, 15) is 15.0 Å². The van der Waals surface area contributed by atoms with Crippen molar-refractivity contribution in [3.63, 3.8) is 0 Å². The molecule has 0 radical (unpaired) electrons. The van der Waals surface area contributed by atoms with Crippen LogP contribution in [0.5, 0.6) is 17.2 Å². The number of nitrogens with one attached hydrogen (secondary N) is 2. The number of aliphatic hydroxyl groups excluding tert-OH is 1. The van der Waals surface area contributed by atoms with Gasteiger partial charge in [0.1, 0.15) is 17.2 Å². The molecule has 4 rings (SSSR count). The molecule has 2 aromatic carbocycles. The maximum atomic E-state index is 11.6. The van der Waals surface area contributed by atoms with E-state index in [2.05, 4.69) is 22.2 Å². The Hall–Kier alpha value is -2.78. The van der Waals surface area contributed by atoms with E-state index in [-0.39, 0.29) is 17.9 Å². The van der Waals surface area contributed by atoms with E-state index in [1.165, 1.54) is 44.2 Å². The van der Waals surface area contributed by atoms with Crippen molar-refractivity contribution in [3.05, 3.63) is 62.9 Å². The molecule has 4 N–H and O–H groups in total. The van der Waals surface area contributed by atoms with Crippen molar-refractivity contribution in [2.45, 2.75) is 57.2 Å². The lowest BCUT2D eigenvalue weighted by atomic mass is 9.94. The number of ether oxygens (including phenoxy) is 2. The Balaban J connectivity index is 1.31. The molecule has 206 valence electrons. The first-order valence-corrected chi connectivity index (χ1v) is 13.7. The number of methoxy groups -OCH3 is 1. The molecular weight excluding hydrogens is 506 g/mol. The van der Waals surface area contributed by atoms with E-state index < -0.39 is 6.10 Å². The van der Waals surface area contributed by atoms with Gasteiger partial charge in [-0.3, -0.25) is 4.79 Å². The monoisotopic (exact) mass is 543 g/mol. The molecule has 0 unspecified atom stereocenters. The Kier molecular flexibility index (Phi) is 9.91. The van der Waals surface area contributed by atoms with Gasteiger partial charge in [0.2, 0.25) is 5.56 Å². The average molecular weight is 544 g/mol. The van der Waals surface area contributed by atoms with Crippen LogP contribution < -0.4 is 20.3 Å². The van der Waals surface area contributed by atoms with Gasteiger partial charge in [0.15, 0.2) is 0 Å². The Morgan fingerprint density at radius 3 is 2.71 bits per heavy atom. The number of H-pyrrole nitrogens is 1. The third-order valence-corrected chi connectivity index (χ3v) is 7.66. The number of aliphatic hydroxyl groups is 1. The van der Waals surface area contributed by atoms with Gasteiger partial charge in [-0.1, -0.05) is 36.9 Å². The fourth-order valence-corrected chi connectivity index (χ4v) is 5.46. The zero-order valence-corrected chi connectivity index (χ0v) is 22.9. The number of rotatable bonds is 12. The van der Waals surface area contributed by atoms with E-state index in [0.29, 0.717) is 52.2 Å². The summed E-state index contributed by atoms with van der Waals surface area (Å²) in [7, 11) is 3.81. The van der Waals surface area contributed by atoms with Crippen molar-refractivity contribution in [1.82, 2.24) is 15.2 Å². The SMILES string of the molecule is COc1cc(OCCCN(C)C2CCCCC2)c(Cl)cc1CNC[C@H](O)c1ccc(O)c2[nH]c(=O)ccc12. The van der Waals surface area contributed by atoms with E-state index in [0.717, 1.165) is 18.5 Å². The van der Waals surface area contributed by atoms with Gasteiger partial charge in [0, 0.05) is 48.8 Å². The smallest absolute Gasteiger partial charge is 0.248 e. The molecule has 38 heavy (non-hydrogen) atoms. The van der Waals surface area contributed by atoms with E-state index in [4.69, 9.17) is 21.1 Å². The van der Waals surface area contributed by atoms with Gasteiger partial charge in [-0.05, 0) is 50.1 Å². The Morgan fingerprint density at radius 1 is 1.16 bits per heavy atom. The number of halogens is 1. The van der Waals surface area contributed by atoms with Gasteiger partial charge in [-0.2, -0.15) is 0 Å². The van der Waals surface area contributed by atoms with Crippen LogP contribution in [0, 0.1) is 0 Å². The fourth-order valence-electron chi connectivity index (χ4n) is 5.22. The summed E-state index contributed by atoms with van der Waals surface area (Å²) in [5.41, 5.74) is 1.43. The third kappa shape index (κ3) is 6.99. The summed E-state index contributed by atoms with van der Waals surface area (Å²) >= 11 is 6.53. The number of fused-ring (bicyclic) bond motifs is 1. The molecule has 1 saturated carbocycles. The molecule has 0 amide bonds. The van der Waals surface area contributed by atoms with Gasteiger partial charge in [-0.15, -0.1) is 0 Å². The van der Waals surface area contributed by atoms with Crippen LogP contribution in [-0.2, 0) is 6.54 Å². The second-order valence-electron chi connectivity index (χ2n) is 10.0. The van der Waals surface area contributed by atoms with Crippen LogP contribution in [0.4, 0.5) is 0 Å². The number of aromatic nitrogens is 1. The largest absolute Gasteiger partial charge is 0.506 e. The Labute approximate surface area is 228 Å². The van der Waals surface area contributed by atoms with E-state index in [1.54, 1.807) is 19.2 Å². The first-order chi connectivity index (χ1) is 18.4. The number of hydrogen-bond acceptors (Lipinski definition) is 7. The maximum absolute atomic E-state index is 11.6. The van der Waals surface area contributed by atoms with Gasteiger partial charge in [0.25, 0.3) is 0 Å². The molecule has 1 aliphatic carbocycles. The summed E-state index contributed by atoms with van der Waals surface area (Å²) in [5.74, 6) is 1.20. The minimum Gasteiger partial charge on any atom is -0.506 e. The van der Waals surface area contributed by atoms with E-state index >= 15 is 0 Å². The summed E-state index contributed by atoms with van der Waals surface area (Å²) in [6.45, 7) is 2.23. The predicted molar refractivity (Wildman–Crippen MR) is 151 cm³/mol.